The molecule has 0 unspecified atom stereocenters. The first-order valence-electron chi connectivity index (χ1n) is 3.55. The van der Waals surface area contributed by atoms with Crippen molar-refractivity contribution in [3.63, 3.8) is 0 Å². The van der Waals surface area contributed by atoms with Crippen LogP contribution in [0.4, 0.5) is 0 Å². The van der Waals surface area contributed by atoms with E-state index in [-0.39, 0.29) is 0 Å². The van der Waals surface area contributed by atoms with Crippen LogP contribution >= 0.6 is 0 Å². The second kappa shape index (κ2) is 2.05. The second-order valence-corrected chi connectivity index (χ2v) is 2.62. The van der Waals surface area contributed by atoms with Gasteiger partial charge in [-0.3, -0.25) is 0 Å². The van der Waals surface area contributed by atoms with Gasteiger partial charge in [0.15, 0.2) is 0 Å². The Labute approximate surface area is 64.7 Å². The lowest BCUT2D eigenvalue weighted by Gasteiger charge is -1.95. The maximum atomic E-state index is 4.24. The lowest BCUT2D eigenvalue weighted by Crippen LogP contribution is -1.97. The lowest BCUT2D eigenvalue weighted by atomic mass is 10.5. The van der Waals surface area contributed by atoms with Crippen molar-refractivity contribution >= 4 is 5.52 Å². The minimum Gasteiger partial charge on any atom is -0.238 e. The molecule has 0 aliphatic heterocycles. The van der Waals surface area contributed by atoms with Crippen LogP contribution in [0.2, 0.25) is 0 Å². The SMILES string of the molecule is Cc1ncc2ccc(C)n2n1. The van der Waals surface area contributed by atoms with Crippen molar-refractivity contribution in [2.24, 2.45) is 0 Å². The third-order valence-corrected chi connectivity index (χ3v) is 1.70. The van der Waals surface area contributed by atoms with Crippen molar-refractivity contribution < 1.29 is 0 Å². The Kier molecular flexibility index (Phi) is 1.18. The van der Waals surface area contributed by atoms with Crippen LogP contribution in [-0.2, 0) is 0 Å². The van der Waals surface area contributed by atoms with Crippen LogP contribution in [0.25, 0.3) is 5.52 Å². The zero-order chi connectivity index (χ0) is 7.84. The van der Waals surface area contributed by atoms with Crippen LogP contribution in [0, 0.1) is 13.8 Å². The first-order valence-corrected chi connectivity index (χ1v) is 3.55. The molecule has 0 aromatic carbocycles. The van der Waals surface area contributed by atoms with Gasteiger partial charge < -0.3 is 0 Å². The summed E-state index contributed by atoms with van der Waals surface area (Å²) >= 11 is 0. The van der Waals surface area contributed by atoms with Gasteiger partial charge in [0.25, 0.3) is 0 Å². The summed E-state index contributed by atoms with van der Waals surface area (Å²) < 4.78 is 1.89. The molecule has 2 rings (SSSR count). The van der Waals surface area contributed by atoms with Crippen molar-refractivity contribution in [2.45, 2.75) is 13.8 Å². The molecule has 0 atom stereocenters. The van der Waals surface area contributed by atoms with Gasteiger partial charge in [0.2, 0.25) is 0 Å². The molecule has 2 heterocycles. The van der Waals surface area contributed by atoms with Crippen molar-refractivity contribution in [3.8, 4) is 0 Å². The van der Waals surface area contributed by atoms with Crippen LogP contribution in [0.15, 0.2) is 18.3 Å². The van der Waals surface area contributed by atoms with Gasteiger partial charge in [0, 0.05) is 5.69 Å². The number of hydrogen-bond donors (Lipinski definition) is 0. The van der Waals surface area contributed by atoms with Crippen LogP contribution < -0.4 is 0 Å². The summed E-state index contributed by atoms with van der Waals surface area (Å²) in [7, 11) is 0. The highest BCUT2D eigenvalue weighted by atomic mass is 15.2. The van der Waals surface area contributed by atoms with E-state index in [1.54, 1.807) is 0 Å². The zero-order valence-corrected chi connectivity index (χ0v) is 6.57. The van der Waals surface area contributed by atoms with Crippen molar-refractivity contribution in [1.29, 1.82) is 0 Å². The molecule has 2 aromatic heterocycles. The Morgan fingerprint density at radius 3 is 2.91 bits per heavy atom. The van der Waals surface area contributed by atoms with Crippen LogP contribution in [0.3, 0.4) is 0 Å². The average molecular weight is 147 g/mol. The van der Waals surface area contributed by atoms with Gasteiger partial charge in [-0.25, -0.2) is 9.50 Å². The lowest BCUT2D eigenvalue weighted by molar-refractivity contribution is 0.832. The maximum absolute atomic E-state index is 4.24. The van der Waals surface area contributed by atoms with E-state index < -0.39 is 0 Å². The molecule has 0 saturated carbocycles. The summed E-state index contributed by atoms with van der Waals surface area (Å²) in [5.41, 5.74) is 2.19. The van der Waals surface area contributed by atoms with E-state index in [2.05, 4.69) is 10.1 Å². The van der Waals surface area contributed by atoms with Gasteiger partial charge in [-0.15, -0.1) is 0 Å². The van der Waals surface area contributed by atoms with Crippen LogP contribution in [-0.4, -0.2) is 14.6 Å². The first-order chi connectivity index (χ1) is 5.27. The van der Waals surface area contributed by atoms with Gasteiger partial charge in [-0.1, -0.05) is 0 Å². The Balaban J connectivity index is 2.87. The Hall–Kier alpha value is -1.38. The minimum atomic E-state index is 0.803. The maximum Gasteiger partial charge on any atom is 0.146 e. The summed E-state index contributed by atoms with van der Waals surface area (Å²) in [6.45, 7) is 3.92. The molecule has 0 aliphatic rings. The van der Waals surface area contributed by atoms with E-state index in [0.29, 0.717) is 0 Å². The Morgan fingerprint density at radius 2 is 2.09 bits per heavy atom. The predicted molar refractivity (Wildman–Crippen MR) is 42.5 cm³/mol. The average Bonchev–Trinajstić information content (AvgIpc) is 2.33. The molecule has 0 radical (unpaired) electrons. The topological polar surface area (TPSA) is 30.2 Å². The molecule has 0 fully saturated rings. The monoisotopic (exact) mass is 147 g/mol. The van der Waals surface area contributed by atoms with Gasteiger partial charge in [-0.05, 0) is 26.0 Å². The van der Waals surface area contributed by atoms with Crippen LogP contribution in [0.1, 0.15) is 11.5 Å². The summed E-state index contributed by atoms with van der Waals surface area (Å²) in [6, 6.07) is 4.04. The van der Waals surface area contributed by atoms with E-state index in [4.69, 9.17) is 0 Å². The highest BCUT2D eigenvalue weighted by molar-refractivity contribution is 5.45. The predicted octanol–water partition coefficient (Wildman–Crippen LogP) is 1.35. The van der Waals surface area contributed by atoms with Gasteiger partial charge >= 0.3 is 0 Å². The summed E-state index contributed by atoms with van der Waals surface area (Å²) in [5, 5.41) is 4.24. The summed E-state index contributed by atoms with van der Waals surface area (Å²) in [6.07, 6.45) is 1.83. The number of aryl methyl sites for hydroxylation is 2. The van der Waals surface area contributed by atoms with E-state index in [1.807, 2.05) is 36.7 Å². The number of rotatable bonds is 0. The molecule has 0 N–H and O–H groups in total. The molecule has 2 aromatic rings. The van der Waals surface area contributed by atoms with E-state index in [1.165, 1.54) is 0 Å². The third kappa shape index (κ3) is 0.888. The fourth-order valence-electron chi connectivity index (χ4n) is 1.12. The Morgan fingerprint density at radius 1 is 1.27 bits per heavy atom. The molecule has 56 valence electrons. The van der Waals surface area contributed by atoms with Crippen molar-refractivity contribution in [2.75, 3.05) is 0 Å². The van der Waals surface area contributed by atoms with E-state index in [0.717, 1.165) is 17.0 Å². The van der Waals surface area contributed by atoms with Gasteiger partial charge in [0.05, 0.1) is 11.7 Å². The molecule has 0 spiro atoms. The molecule has 0 saturated heterocycles. The first kappa shape index (κ1) is 6.34. The smallest absolute Gasteiger partial charge is 0.146 e. The zero-order valence-electron chi connectivity index (χ0n) is 6.57. The highest BCUT2D eigenvalue weighted by Crippen LogP contribution is 2.05. The number of hydrogen-bond acceptors (Lipinski definition) is 2. The fraction of sp³-hybridized carbons (Fsp3) is 0.250. The normalized spacial score (nSPS) is 10.7. The number of aromatic nitrogens is 3. The molecule has 0 amide bonds. The largest absolute Gasteiger partial charge is 0.238 e. The fourth-order valence-corrected chi connectivity index (χ4v) is 1.12. The molecule has 0 bridgehead atoms. The molecule has 3 heteroatoms. The number of nitrogens with zero attached hydrogens (tertiary/aromatic N) is 3. The molecule has 0 aliphatic carbocycles. The summed E-state index contributed by atoms with van der Waals surface area (Å²) in [4.78, 5) is 4.09. The van der Waals surface area contributed by atoms with Crippen LogP contribution in [0.5, 0.6) is 0 Å². The second-order valence-electron chi connectivity index (χ2n) is 2.62. The molecule has 3 nitrogen and oxygen atoms in total. The summed E-state index contributed by atoms with van der Waals surface area (Å²) in [5.74, 6) is 0.803. The highest BCUT2D eigenvalue weighted by Gasteiger charge is 1.97. The van der Waals surface area contributed by atoms with Gasteiger partial charge in [0.1, 0.15) is 5.82 Å². The molecular weight excluding hydrogens is 138 g/mol. The minimum absolute atomic E-state index is 0.803. The van der Waals surface area contributed by atoms with E-state index in [9.17, 15) is 0 Å². The van der Waals surface area contributed by atoms with Crippen molar-refractivity contribution in [3.05, 3.63) is 29.8 Å². The molecular formula is C8H9N3. The molecule has 11 heavy (non-hydrogen) atoms. The number of fused-ring (bicyclic) bond motifs is 1. The van der Waals surface area contributed by atoms with Crippen molar-refractivity contribution in [1.82, 2.24) is 14.6 Å². The third-order valence-electron chi connectivity index (χ3n) is 1.70. The van der Waals surface area contributed by atoms with Gasteiger partial charge in [-0.2, -0.15) is 5.10 Å². The quantitative estimate of drug-likeness (QED) is 0.563. The van der Waals surface area contributed by atoms with E-state index >= 15 is 0 Å². The standard InChI is InChI=1S/C8H9N3/c1-6-3-4-8-5-9-7(2)10-11(6)8/h3-5H,1-2H3. The Bertz CT molecular complexity index is 389.